The van der Waals surface area contributed by atoms with Crippen molar-refractivity contribution in [3.63, 3.8) is 0 Å². The van der Waals surface area contributed by atoms with E-state index in [2.05, 4.69) is 24.0 Å². The Morgan fingerprint density at radius 3 is 2.58 bits per heavy atom. The fourth-order valence-electron chi connectivity index (χ4n) is 4.30. The van der Waals surface area contributed by atoms with Gasteiger partial charge in [-0.2, -0.15) is 0 Å². The first-order chi connectivity index (χ1) is 15.9. The molecule has 174 valence electrons. The van der Waals surface area contributed by atoms with Gasteiger partial charge < -0.3 is 23.7 Å². The number of hydrogen-bond donors (Lipinski definition) is 0. The van der Waals surface area contributed by atoms with Crippen LogP contribution in [0.25, 0.3) is 16.5 Å². The molecule has 0 spiro atoms. The number of carbonyl (C=O) groups excluding carboxylic acids is 1. The molecule has 1 aliphatic rings. The topological polar surface area (TPSA) is 55.2 Å². The summed E-state index contributed by atoms with van der Waals surface area (Å²) in [6, 6.07) is 12.1. The molecule has 0 radical (unpaired) electrons. The number of benzene rings is 2. The van der Waals surface area contributed by atoms with Crippen LogP contribution in [0.4, 0.5) is 5.69 Å². The Bertz CT molecular complexity index is 1190. The molecule has 1 aliphatic heterocycles. The van der Waals surface area contributed by atoms with Gasteiger partial charge in [0.2, 0.25) is 5.91 Å². The van der Waals surface area contributed by atoms with Crippen molar-refractivity contribution in [2.24, 2.45) is 0 Å². The smallest absolute Gasteiger partial charge is 0.246 e. The molecule has 2 heterocycles. The third-order valence-electron chi connectivity index (χ3n) is 6.35. The van der Waals surface area contributed by atoms with Gasteiger partial charge >= 0.3 is 0 Å². The third kappa shape index (κ3) is 4.70. The summed E-state index contributed by atoms with van der Waals surface area (Å²) in [5, 5.41) is 1.05. The second-order valence-corrected chi connectivity index (χ2v) is 8.40. The molecule has 1 amide bonds. The highest BCUT2D eigenvalue weighted by Crippen LogP contribution is 2.35. The maximum absolute atomic E-state index is 13.1. The van der Waals surface area contributed by atoms with Gasteiger partial charge in [-0.25, -0.2) is 0 Å². The van der Waals surface area contributed by atoms with Crippen molar-refractivity contribution in [2.75, 3.05) is 44.8 Å². The van der Waals surface area contributed by atoms with Crippen LogP contribution in [-0.2, 0) is 4.79 Å². The summed E-state index contributed by atoms with van der Waals surface area (Å²) in [7, 11) is 1.67. The molecular formula is C27H32N2O4. The third-order valence-corrected chi connectivity index (χ3v) is 6.35. The quantitative estimate of drug-likeness (QED) is 0.485. The minimum absolute atomic E-state index is 0.0282. The summed E-state index contributed by atoms with van der Waals surface area (Å²) in [5.74, 6) is 2.51. The minimum atomic E-state index is 0.0282. The van der Waals surface area contributed by atoms with Gasteiger partial charge in [-0.1, -0.05) is 6.07 Å². The van der Waals surface area contributed by atoms with E-state index in [0.29, 0.717) is 19.7 Å². The molecular weight excluding hydrogens is 416 g/mol. The molecule has 6 heteroatoms. The zero-order valence-electron chi connectivity index (χ0n) is 20.1. The number of furan rings is 1. The van der Waals surface area contributed by atoms with E-state index in [-0.39, 0.29) is 5.91 Å². The highest BCUT2D eigenvalue weighted by molar-refractivity contribution is 5.97. The van der Waals surface area contributed by atoms with Gasteiger partial charge in [0.25, 0.3) is 0 Å². The van der Waals surface area contributed by atoms with Gasteiger partial charge in [0.15, 0.2) is 0 Å². The molecule has 4 rings (SSSR count). The van der Waals surface area contributed by atoms with Gasteiger partial charge in [0.05, 0.1) is 13.7 Å². The van der Waals surface area contributed by atoms with E-state index in [1.165, 1.54) is 0 Å². The number of amides is 1. The lowest BCUT2D eigenvalue weighted by Gasteiger charge is -2.35. The lowest BCUT2D eigenvalue weighted by molar-refractivity contribution is -0.126. The number of ether oxygens (including phenoxy) is 2. The van der Waals surface area contributed by atoms with Crippen LogP contribution in [0.15, 0.2) is 46.9 Å². The number of anilines is 1. The predicted molar refractivity (Wildman–Crippen MR) is 132 cm³/mol. The van der Waals surface area contributed by atoms with Crippen molar-refractivity contribution in [2.45, 2.75) is 27.7 Å². The van der Waals surface area contributed by atoms with E-state index >= 15 is 0 Å². The van der Waals surface area contributed by atoms with E-state index in [1.54, 1.807) is 13.2 Å². The summed E-state index contributed by atoms with van der Waals surface area (Å²) in [5.41, 5.74) is 4.86. The standard InChI is InChI=1S/C27H32N2O4/c1-6-32-25-17-26-24(19(3)20(4)33-26)16-23(25)18(2)14-27(30)29-12-10-28(11-13-29)21-8-7-9-22(15-21)31-5/h7-9,14-17H,6,10-13H2,1-5H3/b18-14+. The predicted octanol–water partition coefficient (Wildman–Crippen LogP) is 5.21. The molecule has 1 saturated heterocycles. The minimum Gasteiger partial charge on any atom is -0.497 e. The van der Waals surface area contributed by atoms with E-state index in [4.69, 9.17) is 13.9 Å². The monoisotopic (exact) mass is 448 g/mol. The summed E-state index contributed by atoms with van der Waals surface area (Å²) >= 11 is 0. The molecule has 1 aromatic heterocycles. The molecule has 0 aliphatic carbocycles. The van der Waals surface area contributed by atoms with Crippen molar-refractivity contribution in [3.05, 3.63) is 59.4 Å². The Morgan fingerprint density at radius 1 is 1.12 bits per heavy atom. The maximum Gasteiger partial charge on any atom is 0.246 e. The van der Waals surface area contributed by atoms with Crippen LogP contribution in [0.2, 0.25) is 0 Å². The number of hydrogen-bond acceptors (Lipinski definition) is 5. The Labute approximate surface area is 195 Å². The number of rotatable bonds is 6. The lowest BCUT2D eigenvalue weighted by atomic mass is 10.0. The zero-order chi connectivity index (χ0) is 23.5. The molecule has 2 aromatic carbocycles. The average molecular weight is 449 g/mol. The van der Waals surface area contributed by atoms with Crippen molar-refractivity contribution < 1.29 is 18.7 Å². The van der Waals surface area contributed by atoms with Crippen LogP contribution < -0.4 is 14.4 Å². The first-order valence-electron chi connectivity index (χ1n) is 11.4. The number of allylic oxidation sites excluding steroid dienone is 1. The van der Waals surface area contributed by atoms with Crippen LogP contribution in [0.1, 0.15) is 30.7 Å². The van der Waals surface area contributed by atoms with Crippen molar-refractivity contribution in [1.82, 2.24) is 4.90 Å². The number of methoxy groups -OCH3 is 1. The van der Waals surface area contributed by atoms with Crippen LogP contribution in [0.3, 0.4) is 0 Å². The molecule has 3 aromatic rings. The summed E-state index contributed by atoms with van der Waals surface area (Å²) < 4.78 is 17.1. The van der Waals surface area contributed by atoms with E-state index in [1.807, 2.05) is 49.9 Å². The summed E-state index contributed by atoms with van der Waals surface area (Å²) in [4.78, 5) is 17.3. The SMILES string of the molecule is CCOc1cc2oc(C)c(C)c2cc1/C(C)=C/C(=O)N1CCN(c2cccc(OC)c2)CC1. The fourth-order valence-corrected chi connectivity index (χ4v) is 4.30. The number of piperazine rings is 1. The van der Waals surface area contributed by atoms with Gasteiger partial charge in [-0.05, 0) is 57.0 Å². The van der Waals surface area contributed by atoms with Crippen LogP contribution in [-0.4, -0.2) is 50.7 Å². The molecule has 0 N–H and O–H groups in total. The Morgan fingerprint density at radius 2 is 1.88 bits per heavy atom. The Kier molecular flexibility index (Phi) is 6.63. The van der Waals surface area contributed by atoms with Gasteiger partial charge in [0, 0.05) is 61.0 Å². The second-order valence-electron chi connectivity index (χ2n) is 8.40. The van der Waals surface area contributed by atoms with E-state index in [0.717, 1.165) is 63.7 Å². The first kappa shape index (κ1) is 22.8. The highest BCUT2D eigenvalue weighted by Gasteiger charge is 2.21. The van der Waals surface area contributed by atoms with Gasteiger partial charge in [-0.3, -0.25) is 4.79 Å². The van der Waals surface area contributed by atoms with E-state index < -0.39 is 0 Å². The molecule has 0 atom stereocenters. The number of fused-ring (bicyclic) bond motifs is 1. The largest absolute Gasteiger partial charge is 0.497 e. The van der Waals surface area contributed by atoms with Gasteiger partial charge in [0.1, 0.15) is 22.8 Å². The van der Waals surface area contributed by atoms with Crippen molar-refractivity contribution in [3.8, 4) is 11.5 Å². The maximum atomic E-state index is 13.1. The average Bonchev–Trinajstić information content (AvgIpc) is 3.11. The highest BCUT2D eigenvalue weighted by atomic mass is 16.5. The fraction of sp³-hybridized carbons (Fsp3) is 0.370. The first-order valence-corrected chi connectivity index (χ1v) is 11.4. The normalized spacial score (nSPS) is 14.6. The summed E-state index contributed by atoms with van der Waals surface area (Å²) in [6.45, 7) is 11.4. The summed E-state index contributed by atoms with van der Waals surface area (Å²) in [6.07, 6.45) is 1.73. The Balaban J connectivity index is 1.51. The molecule has 33 heavy (non-hydrogen) atoms. The Hall–Kier alpha value is -3.41. The van der Waals surface area contributed by atoms with Crippen LogP contribution >= 0.6 is 0 Å². The molecule has 6 nitrogen and oxygen atoms in total. The number of carbonyl (C=O) groups is 1. The van der Waals surface area contributed by atoms with Crippen molar-refractivity contribution >= 4 is 28.1 Å². The van der Waals surface area contributed by atoms with Crippen LogP contribution in [0, 0.1) is 13.8 Å². The number of nitrogens with zero attached hydrogens (tertiary/aromatic N) is 2. The molecule has 1 fully saturated rings. The second kappa shape index (κ2) is 9.61. The molecule has 0 saturated carbocycles. The number of aryl methyl sites for hydroxylation is 2. The van der Waals surface area contributed by atoms with Crippen molar-refractivity contribution in [1.29, 1.82) is 0 Å². The zero-order valence-corrected chi connectivity index (χ0v) is 20.1. The van der Waals surface area contributed by atoms with E-state index in [9.17, 15) is 4.79 Å². The van der Waals surface area contributed by atoms with Crippen LogP contribution in [0.5, 0.6) is 11.5 Å². The lowest BCUT2D eigenvalue weighted by Crippen LogP contribution is -2.48. The molecule has 0 bridgehead atoms. The van der Waals surface area contributed by atoms with Gasteiger partial charge in [-0.15, -0.1) is 0 Å². The molecule has 0 unspecified atom stereocenters.